The van der Waals surface area contributed by atoms with Gasteiger partial charge in [0.1, 0.15) is 11.5 Å². The number of nitrogens with one attached hydrogen (secondary N) is 2. The summed E-state index contributed by atoms with van der Waals surface area (Å²) in [7, 11) is 1.61. The van der Waals surface area contributed by atoms with E-state index in [9.17, 15) is 4.79 Å². The molecule has 0 fully saturated rings. The van der Waals surface area contributed by atoms with Crippen LogP contribution in [0.25, 0.3) is 0 Å². The van der Waals surface area contributed by atoms with Crippen molar-refractivity contribution in [3.8, 4) is 11.5 Å². The van der Waals surface area contributed by atoms with Gasteiger partial charge in [0, 0.05) is 47.2 Å². The standard InChI is InChI=1S/C30H31Cl2N3O5/c1-3-15-30(29(37)35-33-19-20-5-10-23(38-2)11-6-20)27(25-14-9-22(31)18-26(25)32)40-28(34-30)21-7-12-24(13-8-21)39-17-4-16-36/h3,5-14,18,27,33,36H,1,4,15-17,19H2,2H3,(H,35,37)/t27-,30-/m0/s1. The molecule has 1 aliphatic rings. The van der Waals surface area contributed by atoms with Crippen LogP contribution in [0.15, 0.2) is 84.4 Å². The largest absolute Gasteiger partial charge is 0.497 e. The molecule has 1 aliphatic heterocycles. The second kappa shape index (κ2) is 13.7. The van der Waals surface area contributed by atoms with Crippen LogP contribution in [0.3, 0.4) is 0 Å². The second-order valence-corrected chi connectivity index (χ2v) is 9.95. The molecule has 0 saturated carbocycles. The van der Waals surface area contributed by atoms with E-state index in [1.807, 2.05) is 24.3 Å². The summed E-state index contributed by atoms with van der Waals surface area (Å²) >= 11 is 12.7. The Morgan fingerprint density at radius 1 is 1.12 bits per heavy atom. The predicted molar refractivity (Wildman–Crippen MR) is 156 cm³/mol. The molecule has 0 bridgehead atoms. The fourth-order valence-corrected chi connectivity index (χ4v) is 4.81. The minimum Gasteiger partial charge on any atom is -0.497 e. The first kappa shape index (κ1) is 29.4. The zero-order valence-electron chi connectivity index (χ0n) is 22.0. The molecule has 0 radical (unpaired) electrons. The Bertz CT molecular complexity index is 1350. The lowest BCUT2D eigenvalue weighted by atomic mass is 9.84. The average molecular weight is 585 g/mol. The Labute approximate surface area is 243 Å². The molecule has 0 aromatic heterocycles. The molecule has 0 saturated heterocycles. The molecular weight excluding hydrogens is 553 g/mol. The monoisotopic (exact) mass is 583 g/mol. The van der Waals surface area contributed by atoms with Crippen LogP contribution in [0.1, 0.15) is 35.6 Å². The average Bonchev–Trinajstić information content (AvgIpc) is 3.34. The zero-order chi connectivity index (χ0) is 28.5. The number of amides is 1. The number of benzene rings is 3. The van der Waals surface area contributed by atoms with Crippen LogP contribution in [0.5, 0.6) is 11.5 Å². The number of nitrogens with zero attached hydrogens (tertiary/aromatic N) is 1. The zero-order valence-corrected chi connectivity index (χ0v) is 23.5. The van der Waals surface area contributed by atoms with Gasteiger partial charge in [0.05, 0.1) is 13.7 Å². The minimum atomic E-state index is -1.41. The molecule has 210 valence electrons. The second-order valence-electron chi connectivity index (χ2n) is 9.10. The number of carbonyl (C=O) groups is 1. The van der Waals surface area contributed by atoms with Crippen molar-refractivity contribution in [2.24, 2.45) is 4.99 Å². The van der Waals surface area contributed by atoms with Crippen molar-refractivity contribution in [3.63, 3.8) is 0 Å². The normalized spacial score (nSPS) is 18.0. The van der Waals surface area contributed by atoms with E-state index in [4.69, 9.17) is 47.5 Å². The number of hydrogen-bond donors (Lipinski definition) is 3. The fraction of sp³-hybridized carbons (Fsp3) is 0.267. The summed E-state index contributed by atoms with van der Waals surface area (Å²) in [6.45, 7) is 4.71. The Morgan fingerprint density at radius 3 is 2.50 bits per heavy atom. The van der Waals surface area contributed by atoms with Gasteiger partial charge in [0.2, 0.25) is 5.90 Å². The van der Waals surface area contributed by atoms with Crippen LogP contribution in [-0.2, 0) is 16.1 Å². The Hall–Kier alpha value is -3.56. The molecule has 2 atom stereocenters. The van der Waals surface area contributed by atoms with Gasteiger partial charge in [0.25, 0.3) is 5.91 Å². The molecular formula is C30H31Cl2N3O5. The Balaban J connectivity index is 1.62. The molecule has 10 heteroatoms. The lowest BCUT2D eigenvalue weighted by molar-refractivity contribution is -0.129. The van der Waals surface area contributed by atoms with Gasteiger partial charge in [0.15, 0.2) is 11.6 Å². The first-order valence-electron chi connectivity index (χ1n) is 12.7. The first-order chi connectivity index (χ1) is 19.4. The van der Waals surface area contributed by atoms with Crippen molar-refractivity contribution >= 4 is 35.0 Å². The third-order valence-electron chi connectivity index (χ3n) is 6.38. The van der Waals surface area contributed by atoms with E-state index >= 15 is 0 Å². The van der Waals surface area contributed by atoms with E-state index in [-0.39, 0.29) is 18.9 Å². The number of halogens is 2. The molecule has 40 heavy (non-hydrogen) atoms. The van der Waals surface area contributed by atoms with Gasteiger partial charge in [-0.1, -0.05) is 47.5 Å². The summed E-state index contributed by atoms with van der Waals surface area (Å²) in [5.41, 5.74) is 6.57. The maximum Gasteiger partial charge on any atom is 0.266 e. The van der Waals surface area contributed by atoms with E-state index in [0.29, 0.717) is 46.5 Å². The Kier molecular flexibility index (Phi) is 10.1. The first-order valence-corrected chi connectivity index (χ1v) is 13.5. The van der Waals surface area contributed by atoms with Crippen molar-refractivity contribution in [1.82, 2.24) is 10.9 Å². The lowest BCUT2D eigenvalue weighted by Crippen LogP contribution is -2.52. The van der Waals surface area contributed by atoms with Crippen LogP contribution in [0, 0.1) is 0 Å². The van der Waals surface area contributed by atoms with Crippen molar-refractivity contribution in [1.29, 1.82) is 0 Å². The highest BCUT2D eigenvalue weighted by Gasteiger charge is 2.53. The number of aliphatic imine (C=N–C) groups is 1. The highest BCUT2D eigenvalue weighted by atomic mass is 35.5. The molecule has 4 rings (SSSR count). The number of aliphatic hydroxyl groups excluding tert-OH is 1. The van der Waals surface area contributed by atoms with Crippen LogP contribution < -0.4 is 20.3 Å². The van der Waals surface area contributed by atoms with Gasteiger partial charge in [-0.05, 0) is 54.1 Å². The molecule has 3 aromatic rings. The quantitative estimate of drug-likeness (QED) is 0.141. The van der Waals surface area contributed by atoms with Gasteiger partial charge in [-0.15, -0.1) is 6.58 Å². The SMILES string of the molecule is C=CC[C@]1(C(=O)NNCc2ccc(OC)cc2)N=C(c2ccc(OCCCO)cc2)O[C@H]1c1ccc(Cl)cc1Cl. The van der Waals surface area contributed by atoms with Gasteiger partial charge in [-0.3, -0.25) is 10.2 Å². The molecule has 8 nitrogen and oxygen atoms in total. The third-order valence-corrected chi connectivity index (χ3v) is 6.95. The molecule has 0 spiro atoms. The maximum atomic E-state index is 13.8. The predicted octanol–water partition coefficient (Wildman–Crippen LogP) is 5.42. The Morgan fingerprint density at radius 2 is 1.85 bits per heavy atom. The number of ether oxygens (including phenoxy) is 3. The fourth-order valence-electron chi connectivity index (χ4n) is 4.30. The molecule has 0 aliphatic carbocycles. The number of aliphatic hydroxyl groups is 1. The highest BCUT2D eigenvalue weighted by molar-refractivity contribution is 6.35. The molecule has 3 N–H and O–H groups in total. The highest BCUT2D eigenvalue weighted by Crippen LogP contribution is 2.45. The van der Waals surface area contributed by atoms with Gasteiger partial charge in [-0.25, -0.2) is 10.4 Å². The molecule has 1 heterocycles. The lowest BCUT2D eigenvalue weighted by Gasteiger charge is -2.30. The van der Waals surface area contributed by atoms with Crippen molar-refractivity contribution in [3.05, 3.63) is 106 Å². The van der Waals surface area contributed by atoms with E-state index in [0.717, 1.165) is 11.3 Å². The molecule has 1 amide bonds. The van der Waals surface area contributed by atoms with Gasteiger partial charge < -0.3 is 19.3 Å². The van der Waals surface area contributed by atoms with Crippen molar-refractivity contribution in [2.75, 3.05) is 20.3 Å². The smallest absolute Gasteiger partial charge is 0.266 e. The van der Waals surface area contributed by atoms with Gasteiger partial charge in [-0.2, -0.15) is 0 Å². The maximum absolute atomic E-state index is 13.8. The summed E-state index contributed by atoms with van der Waals surface area (Å²) in [6.07, 6.45) is 1.49. The van der Waals surface area contributed by atoms with Crippen molar-refractivity contribution in [2.45, 2.75) is 31.0 Å². The van der Waals surface area contributed by atoms with E-state index in [1.165, 1.54) is 0 Å². The van der Waals surface area contributed by atoms with E-state index < -0.39 is 17.6 Å². The summed E-state index contributed by atoms with van der Waals surface area (Å²) in [5.74, 6) is 1.27. The van der Waals surface area contributed by atoms with E-state index in [1.54, 1.807) is 55.7 Å². The van der Waals surface area contributed by atoms with E-state index in [2.05, 4.69) is 17.4 Å². The number of hydrazine groups is 1. The van der Waals surface area contributed by atoms with Crippen LogP contribution in [0.2, 0.25) is 10.0 Å². The van der Waals surface area contributed by atoms with Gasteiger partial charge >= 0.3 is 0 Å². The van der Waals surface area contributed by atoms with Crippen molar-refractivity contribution < 1.29 is 24.1 Å². The summed E-state index contributed by atoms with van der Waals surface area (Å²) < 4.78 is 17.2. The molecule has 3 aromatic carbocycles. The topological polar surface area (TPSA) is 101 Å². The summed E-state index contributed by atoms with van der Waals surface area (Å²) in [4.78, 5) is 18.7. The number of methoxy groups -OCH3 is 1. The summed E-state index contributed by atoms with van der Waals surface area (Å²) in [5, 5.41) is 9.79. The summed E-state index contributed by atoms with van der Waals surface area (Å²) in [6, 6.07) is 19.7. The van der Waals surface area contributed by atoms with Crippen LogP contribution in [0.4, 0.5) is 0 Å². The third kappa shape index (κ3) is 6.77. The number of carbonyl (C=O) groups excluding carboxylic acids is 1. The van der Waals surface area contributed by atoms with Crippen LogP contribution in [-0.4, -0.2) is 42.8 Å². The minimum absolute atomic E-state index is 0.0553. The number of rotatable bonds is 13. The van der Waals surface area contributed by atoms with Crippen LogP contribution >= 0.6 is 23.2 Å². The molecule has 0 unspecified atom stereocenters. The number of hydrogen-bond acceptors (Lipinski definition) is 7.